The van der Waals surface area contributed by atoms with Crippen LogP contribution in [0.5, 0.6) is 0 Å². The molecule has 5 unspecified atom stereocenters. The second kappa shape index (κ2) is 10.1. The van der Waals surface area contributed by atoms with Crippen molar-refractivity contribution in [2.75, 3.05) is 39.9 Å². The van der Waals surface area contributed by atoms with Gasteiger partial charge in [0.25, 0.3) is 0 Å². The Hall–Kier alpha value is 0.410. The normalized spacial score (nSPS) is 40.2. The fourth-order valence-corrected chi connectivity index (χ4v) is 8.24. The molecule has 1 aliphatic heterocycles. The first kappa shape index (κ1) is 23.1. The number of halogens is 2. The van der Waals surface area contributed by atoms with Gasteiger partial charge in [-0.2, -0.15) is 0 Å². The van der Waals surface area contributed by atoms with E-state index in [0.29, 0.717) is 43.4 Å². The number of hydrogen-bond acceptors (Lipinski definition) is 4. The largest absolute Gasteiger partial charge is 0.380 e. The van der Waals surface area contributed by atoms with Crippen LogP contribution in [-0.4, -0.2) is 69.2 Å². The molecule has 3 fully saturated rings. The van der Waals surface area contributed by atoms with Crippen LogP contribution in [0.2, 0.25) is 0 Å². The number of alkyl halides is 2. The Labute approximate surface area is 180 Å². The minimum atomic E-state index is -3.25. The summed E-state index contributed by atoms with van der Waals surface area (Å²) in [4.78, 5) is 2.42. The zero-order chi connectivity index (χ0) is 20.3. The number of fused-ring (bicyclic) bond motifs is 1. The van der Waals surface area contributed by atoms with Gasteiger partial charge in [-0.3, -0.25) is 0 Å². The van der Waals surface area contributed by atoms with Crippen LogP contribution >= 0.6 is 23.2 Å². The lowest BCUT2D eigenvalue weighted by Gasteiger charge is -2.51. The number of rotatable bonds is 7. The zero-order valence-electron chi connectivity index (χ0n) is 17.2. The fraction of sp³-hybridized carbons (Fsp3) is 1.00. The number of sulfonamides is 1. The van der Waals surface area contributed by atoms with Crippen molar-refractivity contribution in [1.82, 2.24) is 9.62 Å². The Kier molecular flexibility index (Phi) is 8.36. The molecule has 164 valence electrons. The summed E-state index contributed by atoms with van der Waals surface area (Å²) in [5.41, 5.74) is 0. The lowest BCUT2D eigenvalue weighted by atomic mass is 9.63. The molecule has 5 nitrogen and oxygen atoms in total. The molecule has 0 amide bonds. The van der Waals surface area contributed by atoms with Crippen molar-refractivity contribution < 1.29 is 13.2 Å². The Morgan fingerprint density at radius 3 is 2.39 bits per heavy atom. The van der Waals surface area contributed by atoms with Gasteiger partial charge in [-0.25, -0.2) is 13.1 Å². The SMILES string of the molecule is CCOCCNS(=O)(=O)C1CCC(C2CN(C)CC3C(Cl)CC(Cl)CC32)CC1. The van der Waals surface area contributed by atoms with Gasteiger partial charge in [-0.05, 0) is 76.2 Å². The summed E-state index contributed by atoms with van der Waals surface area (Å²) in [7, 11) is -1.06. The summed E-state index contributed by atoms with van der Waals surface area (Å²) >= 11 is 13.2. The van der Waals surface area contributed by atoms with E-state index in [1.807, 2.05) is 6.92 Å². The number of hydrogen-bond donors (Lipinski definition) is 1. The second-order valence-corrected chi connectivity index (χ2v) is 12.2. The molecule has 1 heterocycles. The lowest BCUT2D eigenvalue weighted by molar-refractivity contribution is 0.0108. The maximum atomic E-state index is 12.6. The number of nitrogens with one attached hydrogen (secondary N) is 1. The summed E-state index contributed by atoms with van der Waals surface area (Å²) in [6, 6.07) is 0. The van der Waals surface area contributed by atoms with Crippen LogP contribution in [0, 0.1) is 23.7 Å². The molecule has 1 N–H and O–H groups in total. The number of ether oxygens (including phenoxy) is 1. The first-order valence-electron chi connectivity index (χ1n) is 10.8. The lowest BCUT2D eigenvalue weighted by Crippen LogP contribution is -2.53. The quantitative estimate of drug-likeness (QED) is 0.473. The van der Waals surface area contributed by atoms with Gasteiger partial charge in [0.2, 0.25) is 10.0 Å². The third-order valence-electron chi connectivity index (χ3n) is 7.14. The molecule has 3 aliphatic rings. The first-order chi connectivity index (χ1) is 13.3. The van der Waals surface area contributed by atoms with Crippen molar-refractivity contribution in [3.8, 4) is 0 Å². The Balaban J connectivity index is 1.57. The highest BCUT2D eigenvalue weighted by atomic mass is 35.5. The average molecular weight is 455 g/mol. The van der Waals surface area contributed by atoms with E-state index in [2.05, 4.69) is 16.7 Å². The van der Waals surface area contributed by atoms with Crippen LogP contribution in [-0.2, 0) is 14.8 Å². The van der Waals surface area contributed by atoms with Gasteiger partial charge in [-0.1, -0.05) is 0 Å². The van der Waals surface area contributed by atoms with Crippen LogP contribution in [0.25, 0.3) is 0 Å². The van der Waals surface area contributed by atoms with E-state index in [0.717, 1.165) is 51.6 Å². The molecule has 5 atom stereocenters. The smallest absolute Gasteiger partial charge is 0.214 e. The molecule has 1 saturated heterocycles. The summed E-state index contributed by atoms with van der Waals surface area (Å²) in [6.07, 6.45) is 5.44. The molecule has 3 rings (SSSR count). The third kappa shape index (κ3) is 5.55. The molecule has 8 heteroatoms. The van der Waals surface area contributed by atoms with E-state index in [9.17, 15) is 8.42 Å². The molecule has 0 aromatic rings. The van der Waals surface area contributed by atoms with Gasteiger partial charge in [0.15, 0.2) is 0 Å². The van der Waals surface area contributed by atoms with E-state index in [-0.39, 0.29) is 16.0 Å². The summed E-state index contributed by atoms with van der Waals surface area (Å²) in [5, 5.41) is 0.0778. The van der Waals surface area contributed by atoms with E-state index in [1.54, 1.807) is 0 Å². The maximum Gasteiger partial charge on any atom is 0.214 e. The monoisotopic (exact) mass is 454 g/mol. The van der Waals surface area contributed by atoms with Gasteiger partial charge < -0.3 is 9.64 Å². The van der Waals surface area contributed by atoms with Crippen molar-refractivity contribution >= 4 is 33.2 Å². The molecule has 0 radical (unpaired) electrons. The van der Waals surface area contributed by atoms with E-state index in [4.69, 9.17) is 27.9 Å². The summed E-state index contributed by atoms with van der Waals surface area (Å²) in [6.45, 7) is 5.46. The first-order valence-corrected chi connectivity index (χ1v) is 13.3. The van der Waals surface area contributed by atoms with Crippen LogP contribution in [0.1, 0.15) is 45.4 Å². The van der Waals surface area contributed by atoms with E-state index >= 15 is 0 Å². The van der Waals surface area contributed by atoms with Crippen LogP contribution in [0.3, 0.4) is 0 Å². The van der Waals surface area contributed by atoms with Gasteiger partial charge in [0, 0.05) is 37.0 Å². The van der Waals surface area contributed by atoms with Gasteiger partial charge in [-0.15, -0.1) is 23.2 Å². The van der Waals surface area contributed by atoms with Crippen LogP contribution in [0.4, 0.5) is 0 Å². The van der Waals surface area contributed by atoms with Crippen molar-refractivity contribution in [3.63, 3.8) is 0 Å². The van der Waals surface area contributed by atoms with Crippen molar-refractivity contribution in [3.05, 3.63) is 0 Å². The number of piperidine rings is 1. The molecule has 0 aromatic heterocycles. The Bertz CT molecular complexity index is 598. The average Bonchev–Trinajstić information content (AvgIpc) is 2.65. The number of likely N-dealkylation sites (tertiary alicyclic amines) is 1. The zero-order valence-corrected chi connectivity index (χ0v) is 19.5. The topological polar surface area (TPSA) is 58.6 Å². The van der Waals surface area contributed by atoms with Crippen molar-refractivity contribution in [1.29, 1.82) is 0 Å². The Morgan fingerprint density at radius 1 is 1.04 bits per heavy atom. The van der Waals surface area contributed by atoms with E-state index in [1.165, 1.54) is 0 Å². The molecule has 2 aliphatic carbocycles. The van der Waals surface area contributed by atoms with Gasteiger partial charge in [0.1, 0.15) is 0 Å². The highest BCUT2D eigenvalue weighted by Crippen LogP contribution is 2.48. The molecular formula is C20H36Cl2N2O3S. The minimum Gasteiger partial charge on any atom is -0.380 e. The van der Waals surface area contributed by atoms with Crippen LogP contribution in [0.15, 0.2) is 0 Å². The highest BCUT2D eigenvalue weighted by Gasteiger charge is 2.47. The predicted molar refractivity (Wildman–Crippen MR) is 116 cm³/mol. The molecular weight excluding hydrogens is 419 g/mol. The van der Waals surface area contributed by atoms with E-state index < -0.39 is 10.0 Å². The third-order valence-corrected chi connectivity index (χ3v) is 9.95. The minimum absolute atomic E-state index is 0.165. The standard InChI is InChI=1S/C20H36Cl2N2O3S/c1-3-27-9-8-23-28(25,26)16-6-4-14(5-7-16)18-12-24(2)13-19-17(18)10-15(21)11-20(19)22/h14-20,23H,3-13H2,1-2H3. The molecule has 0 bridgehead atoms. The molecule has 0 aromatic carbocycles. The molecule has 28 heavy (non-hydrogen) atoms. The van der Waals surface area contributed by atoms with Crippen molar-refractivity contribution in [2.24, 2.45) is 23.7 Å². The molecule has 0 spiro atoms. The maximum absolute atomic E-state index is 12.6. The van der Waals surface area contributed by atoms with Gasteiger partial charge in [0.05, 0.1) is 11.9 Å². The highest BCUT2D eigenvalue weighted by molar-refractivity contribution is 7.90. The fourth-order valence-electron chi connectivity index (χ4n) is 5.77. The van der Waals surface area contributed by atoms with Crippen molar-refractivity contribution in [2.45, 2.75) is 61.5 Å². The summed E-state index contributed by atoms with van der Waals surface area (Å²) < 4.78 is 33.1. The summed E-state index contributed by atoms with van der Waals surface area (Å²) in [5.74, 6) is 2.26. The van der Waals surface area contributed by atoms with Gasteiger partial charge >= 0.3 is 0 Å². The Morgan fingerprint density at radius 2 is 1.71 bits per heavy atom. The number of nitrogens with zero attached hydrogens (tertiary/aromatic N) is 1. The predicted octanol–water partition coefficient (Wildman–Crippen LogP) is 3.30. The van der Waals surface area contributed by atoms with Crippen LogP contribution < -0.4 is 4.72 Å². The second-order valence-electron chi connectivity index (χ2n) is 8.97. The molecule has 2 saturated carbocycles.